The zero-order valence-electron chi connectivity index (χ0n) is 20.6. The third-order valence-corrected chi connectivity index (χ3v) is 7.29. The van der Waals surface area contributed by atoms with Gasteiger partial charge in [0.1, 0.15) is 0 Å². The van der Waals surface area contributed by atoms with E-state index in [4.69, 9.17) is 9.47 Å². The summed E-state index contributed by atoms with van der Waals surface area (Å²) < 4.78 is 11.1. The topological polar surface area (TPSA) is 99.5 Å². The standard InChI is InChI=1S/C26H32N2O6/c1-13-21-14(2)28(16(4)30)10-8-19(21)23(25(32)26(13)34-6)22-18-7-9-27(15(3)29)12-17(18)11-20(33-5)24(22)31/h11,14,31-32H,7-10,12H2,1-6H3/t14-/m0/s1. The van der Waals surface area contributed by atoms with E-state index in [-0.39, 0.29) is 35.1 Å². The number of phenols is 2. The summed E-state index contributed by atoms with van der Waals surface area (Å²) in [4.78, 5) is 27.9. The molecular weight excluding hydrogens is 436 g/mol. The first-order valence-electron chi connectivity index (χ1n) is 11.5. The molecular formula is C26H32N2O6. The Hall–Kier alpha value is -3.42. The van der Waals surface area contributed by atoms with Crippen molar-refractivity contribution >= 4 is 11.8 Å². The van der Waals surface area contributed by atoms with Crippen molar-refractivity contribution in [1.82, 2.24) is 9.80 Å². The van der Waals surface area contributed by atoms with Crippen LogP contribution in [0.1, 0.15) is 54.6 Å². The van der Waals surface area contributed by atoms with Crippen molar-refractivity contribution in [2.75, 3.05) is 27.3 Å². The Kier molecular flexibility index (Phi) is 6.10. The highest BCUT2D eigenvalue weighted by Gasteiger charge is 2.36. The second kappa shape index (κ2) is 8.74. The fourth-order valence-electron chi connectivity index (χ4n) is 5.67. The predicted octanol–water partition coefficient (Wildman–Crippen LogP) is 3.46. The van der Waals surface area contributed by atoms with Gasteiger partial charge < -0.3 is 29.5 Å². The normalized spacial score (nSPS) is 17.2. The van der Waals surface area contributed by atoms with Gasteiger partial charge in [0.2, 0.25) is 11.8 Å². The van der Waals surface area contributed by atoms with Gasteiger partial charge in [0.25, 0.3) is 0 Å². The molecule has 0 saturated heterocycles. The molecule has 4 rings (SSSR count). The van der Waals surface area contributed by atoms with Gasteiger partial charge in [-0.15, -0.1) is 0 Å². The van der Waals surface area contributed by atoms with Gasteiger partial charge in [0, 0.05) is 50.2 Å². The Labute approximate surface area is 199 Å². The van der Waals surface area contributed by atoms with E-state index in [1.807, 2.05) is 13.8 Å². The maximum absolute atomic E-state index is 12.3. The molecule has 2 aliphatic heterocycles. The molecule has 8 heteroatoms. The number of fused-ring (bicyclic) bond motifs is 2. The maximum Gasteiger partial charge on any atom is 0.219 e. The highest BCUT2D eigenvalue weighted by atomic mass is 16.5. The van der Waals surface area contributed by atoms with E-state index in [0.717, 1.165) is 27.8 Å². The molecule has 2 amide bonds. The van der Waals surface area contributed by atoms with Gasteiger partial charge in [-0.05, 0) is 55.0 Å². The first-order chi connectivity index (χ1) is 16.1. The molecule has 34 heavy (non-hydrogen) atoms. The summed E-state index contributed by atoms with van der Waals surface area (Å²) in [5.41, 5.74) is 5.35. The van der Waals surface area contributed by atoms with Crippen LogP contribution >= 0.6 is 0 Å². The van der Waals surface area contributed by atoms with Gasteiger partial charge in [-0.25, -0.2) is 0 Å². The van der Waals surface area contributed by atoms with E-state index in [0.29, 0.717) is 49.4 Å². The first kappa shape index (κ1) is 23.7. The lowest BCUT2D eigenvalue weighted by Gasteiger charge is -2.38. The van der Waals surface area contributed by atoms with Crippen molar-refractivity contribution in [2.45, 2.75) is 53.1 Å². The predicted molar refractivity (Wildman–Crippen MR) is 127 cm³/mol. The van der Waals surface area contributed by atoms with Gasteiger partial charge in [-0.1, -0.05) is 0 Å². The molecule has 182 valence electrons. The molecule has 1 atom stereocenters. The minimum absolute atomic E-state index is 0.0166. The molecule has 0 radical (unpaired) electrons. The minimum atomic E-state index is -0.216. The van der Waals surface area contributed by atoms with Crippen LogP contribution < -0.4 is 9.47 Å². The van der Waals surface area contributed by atoms with E-state index >= 15 is 0 Å². The lowest BCUT2D eigenvalue weighted by molar-refractivity contribution is -0.131. The number of phenolic OH excluding ortho intramolecular Hbond substituents is 2. The number of ether oxygens (including phenoxy) is 2. The van der Waals surface area contributed by atoms with Crippen molar-refractivity contribution in [3.8, 4) is 34.1 Å². The molecule has 2 aliphatic rings. The lowest BCUT2D eigenvalue weighted by Crippen LogP contribution is -2.38. The van der Waals surface area contributed by atoms with Crippen molar-refractivity contribution in [1.29, 1.82) is 0 Å². The summed E-state index contributed by atoms with van der Waals surface area (Å²) in [5, 5.41) is 22.8. The van der Waals surface area contributed by atoms with Crippen LogP contribution in [0.25, 0.3) is 11.1 Å². The minimum Gasteiger partial charge on any atom is -0.504 e. The third-order valence-electron chi connectivity index (χ3n) is 7.29. The molecule has 0 unspecified atom stereocenters. The molecule has 0 saturated carbocycles. The summed E-state index contributed by atoms with van der Waals surface area (Å²) in [7, 11) is 2.98. The number of amides is 2. The van der Waals surface area contributed by atoms with Crippen molar-refractivity contribution in [3.05, 3.63) is 33.9 Å². The molecule has 2 N–H and O–H groups in total. The van der Waals surface area contributed by atoms with Gasteiger partial charge in [-0.3, -0.25) is 9.59 Å². The van der Waals surface area contributed by atoms with Crippen LogP contribution in [-0.4, -0.2) is 59.1 Å². The van der Waals surface area contributed by atoms with Crippen LogP contribution in [0, 0.1) is 6.92 Å². The average molecular weight is 469 g/mol. The maximum atomic E-state index is 12.3. The Balaban J connectivity index is 2.06. The number of methoxy groups -OCH3 is 2. The zero-order valence-corrected chi connectivity index (χ0v) is 20.6. The SMILES string of the molecule is COc1cc2c(c(-c3c(O)c(OC)c(C)c4c3CCN(C(C)=O)[C@H]4C)c1O)CCN(C(C)=O)C2. The number of aromatic hydroxyl groups is 2. The lowest BCUT2D eigenvalue weighted by atomic mass is 9.80. The first-order valence-corrected chi connectivity index (χ1v) is 11.5. The van der Waals surface area contributed by atoms with Crippen molar-refractivity contribution in [2.24, 2.45) is 0 Å². The highest BCUT2D eigenvalue weighted by Crippen LogP contribution is 2.54. The van der Waals surface area contributed by atoms with Gasteiger partial charge in [0.05, 0.1) is 20.3 Å². The molecule has 2 heterocycles. The molecule has 0 aromatic heterocycles. The van der Waals surface area contributed by atoms with Crippen LogP contribution in [0.3, 0.4) is 0 Å². The van der Waals surface area contributed by atoms with Gasteiger partial charge in [-0.2, -0.15) is 0 Å². The number of nitrogens with zero attached hydrogens (tertiary/aromatic N) is 2. The number of carbonyl (C=O) groups excluding carboxylic acids is 2. The van der Waals surface area contributed by atoms with Crippen LogP contribution in [0.4, 0.5) is 0 Å². The van der Waals surface area contributed by atoms with Crippen molar-refractivity contribution in [3.63, 3.8) is 0 Å². The Morgan fingerprint density at radius 3 is 2.21 bits per heavy atom. The van der Waals surface area contributed by atoms with E-state index in [1.54, 1.807) is 29.7 Å². The number of benzene rings is 2. The number of carbonyl (C=O) groups is 2. The Bertz CT molecular complexity index is 1190. The van der Waals surface area contributed by atoms with Crippen LogP contribution in [0.5, 0.6) is 23.0 Å². The van der Waals surface area contributed by atoms with Crippen LogP contribution in [0.2, 0.25) is 0 Å². The molecule has 0 spiro atoms. The van der Waals surface area contributed by atoms with Gasteiger partial charge in [0.15, 0.2) is 23.0 Å². The number of hydrogen-bond donors (Lipinski definition) is 2. The highest BCUT2D eigenvalue weighted by molar-refractivity contribution is 5.89. The summed E-state index contributed by atoms with van der Waals surface area (Å²) in [6.07, 6.45) is 1.05. The summed E-state index contributed by atoms with van der Waals surface area (Å²) in [5.74, 6) is 0.473. The summed E-state index contributed by atoms with van der Waals surface area (Å²) in [6, 6.07) is 1.55. The molecule has 8 nitrogen and oxygen atoms in total. The average Bonchev–Trinajstić information content (AvgIpc) is 2.79. The van der Waals surface area contributed by atoms with E-state index in [1.165, 1.54) is 14.2 Å². The second-order valence-corrected chi connectivity index (χ2v) is 9.04. The van der Waals surface area contributed by atoms with Gasteiger partial charge >= 0.3 is 0 Å². The molecule has 2 aromatic carbocycles. The smallest absolute Gasteiger partial charge is 0.219 e. The third kappa shape index (κ3) is 3.52. The van der Waals surface area contributed by atoms with Crippen LogP contribution in [-0.2, 0) is 29.0 Å². The molecule has 0 bridgehead atoms. The van der Waals surface area contributed by atoms with Crippen LogP contribution in [0.15, 0.2) is 6.07 Å². The number of rotatable bonds is 3. The van der Waals surface area contributed by atoms with E-state index in [2.05, 4.69) is 0 Å². The quantitative estimate of drug-likeness (QED) is 0.716. The fraction of sp³-hybridized carbons (Fsp3) is 0.462. The Morgan fingerprint density at radius 1 is 0.971 bits per heavy atom. The molecule has 0 aliphatic carbocycles. The fourth-order valence-corrected chi connectivity index (χ4v) is 5.67. The zero-order chi connectivity index (χ0) is 24.9. The molecule has 0 fully saturated rings. The molecule has 2 aromatic rings. The summed E-state index contributed by atoms with van der Waals surface area (Å²) >= 11 is 0. The number of hydrogen-bond acceptors (Lipinski definition) is 6. The summed E-state index contributed by atoms with van der Waals surface area (Å²) in [6.45, 7) is 8.37. The van der Waals surface area contributed by atoms with Crippen molar-refractivity contribution < 1.29 is 29.3 Å². The van der Waals surface area contributed by atoms with E-state index in [9.17, 15) is 19.8 Å². The van der Waals surface area contributed by atoms with E-state index < -0.39 is 0 Å². The largest absolute Gasteiger partial charge is 0.504 e. The second-order valence-electron chi connectivity index (χ2n) is 9.04. The monoisotopic (exact) mass is 468 g/mol. The Morgan fingerprint density at radius 2 is 1.62 bits per heavy atom.